The first-order chi connectivity index (χ1) is 20.0. The number of phenols is 1. The molecule has 1 fully saturated rings. The molecule has 12 nitrogen and oxygen atoms in total. The van der Waals surface area contributed by atoms with Crippen molar-refractivity contribution in [1.82, 2.24) is 10.2 Å². The number of carbonyl (C=O) groups excluding carboxylic acids is 3. The number of fused-ring (bicyclic) bond motifs is 3. The standard InChI is InChI=1S/C31H42N4O8/c1-8-43-34-14(2)17-10-16(12-33-13-30(3,4)5)24(36)21-18(17)9-15-11-19-23(35(6)7)26(38)22(29(32)41)28(40)31(19,42)27(39)20(15)25(21)37/h10,15,19,23,33,36-37,40,42H,8-9,11-13H2,1-7H3,(H2,32,41)/b34-14-/t15?,19?,23-,31-/m0/s1. The predicted molar refractivity (Wildman–Crippen MR) is 159 cm³/mol. The molecule has 0 saturated heterocycles. The molecule has 0 aromatic heterocycles. The van der Waals surface area contributed by atoms with Crippen LogP contribution >= 0.6 is 0 Å². The molecular formula is C31H42N4O8. The van der Waals surface area contributed by atoms with E-state index < -0.39 is 58.0 Å². The first-order valence-corrected chi connectivity index (χ1v) is 14.4. The molecule has 0 aliphatic heterocycles. The number of nitrogens with two attached hydrogens (primary N) is 1. The van der Waals surface area contributed by atoms with Gasteiger partial charge < -0.3 is 36.3 Å². The quantitative estimate of drug-likeness (QED) is 0.146. The van der Waals surface area contributed by atoms with E-state index in [0.29, 0.717) is 35.6 Å². The summed E-state index contributed by atoms with van der Waals surface area (Å²) in [7, 11) is 3.12. The number of Topliss-reactive ketones (excluding diaryl/α,β-unsaturated/α-hetero) is 2. The molecule has 0 radical (unpaired) electrons. The highest BCUT2D eigenvalue weighted by atomic mass is 16.6. The summed E-state index contributed by atoms with van der Waals surface area (Å²) in [6, 6.07) is 0.629. The third-order valence-electron chi connectivity index (χ3n) is 8.49. The molecule has 7 N–H and O–H groups in total. The van der Waals surface area contributed by atoms with Crippen LogP contribution in [0.2, 0.25) is 0 Å². The smallest absolute Gasteiger partial charge is 0.255 e. The van der Waals surface area contributed by atoms with Gasteiger partial charge >= 0.3 is 0 Å². The Morgan fingerprint density at radius 3 is 2.44 bits per heavy atom. The summed E-state index contributed by atoms with van der Waals surface area (Å²) in [6.45, 7) is 10.9. The van der Waals surface area contributed by atoms with Gasteiger partial charge in [0, 0.05) is 35.7 Å². The number of nitrogens with zero attached hydrogens (tertiary/aromatic N) is 2. The SMILES string of the molecule is CCO/N=C(/C)c1cc(CNCC(C)(C)C)c(O)c2c1CC1CC3[C@H](N(C)C)C(=O)C(C(N)=O)=C(O)[C@@]3(O)C(=O)C1=C2O. The number of primary amides is 1. The number of aliphatic hydroxyl groups excluding tert-OH is 2. The van der Waals surface area contributed by atoms with Crippen molar-refractivity contribution in [3.05, 3.63) is 45.2 Å². The predicted octanol–water partition coefficient (Wildman–Crippen LogP) is 1.86. The van der Waals surface area contributed by atoms with Crippen LogP contribution in [0.15, 0.2) is 28.1 Å². The van der Waals surface area contributed by atoms with E-state index in [-0.39, 0.29) is 41.7 Å². The van der Waals surface area contributed by atoms with Gasteiger partial charge in [0.25, 0.3) is 5.91 Å². The van der Waals surface area contributed by atoms with E-state index in [1.54, 1.807) is 34.0 Å². The minimum absolute atomic E-state index is 0.00248. The highest BCUT2D eigenvalue weighted by molar-refractivity contribution is 6.24. The van der Waals surface area contributed by atoms with Crippen LogP contribution in [0.1, 0.15) is 63.3 Å². The number of likely N-dealkylation sites (N-methyl/N-ethyl adjacent to an activating group) is 1. The van der Waals surface area contributed by atoms with Crippen molar-refractivity contribution in [2.75, 3.05) is 27.2 Å². The van der Waals surface area contributed by atoms with Crippen molar-refractivity contribution in [3.63, 3.8) is 0 Å². The Morgan fingerprint density at radius 2 is 1.88 bits per heavy atom. The van der Waals surface area contributed by atoms with Gasteiger partial charge in [0.05, 0.1) is 17.3 Å². The number of nitrogens with one attached hydrogen (secondary N) is 1. The van der Waals surface area contributed by atoms with Gasteiger partial charge in [-0.05, 0) is 63.7 Å². The topological polar surface area (TPSA) is 195 Å². The summed E-state index contributed by atoms with van der Waals surface area (Å²) in [5.74, 6) is -6.86. The van der Waals surface area contributed by atoms with E-state index in [2.05, 4.69) is 31.2 Å². The minimum Gasteiger partial charge on any atom is -0.508 e. The first kappa shape index (κ1) is 32.2. The van der Waals surface area contributed by atoms with Gasteiger partial charge in [-0.2, -0.15) is 0 Å². The fraction of sp³-hybridized carbons (Fsp3) is 0.548. The third-order valence-corrected chi connectivity index (χ3v) is 8.49. The van der Waals surface area contributed by atoms with Crippen LogP contribution in [0.25, 0.3) is 5.76 Å². The summed E-state index contributed by atoms with van der Waals surface area (Å²) in [4.78, 5) is 46.4. The van der Waals surface area contributed by atoms with Gasteiger partial charge in [-0.3, -0.25) is 19.3 Å². The van der Waals surface area contributed by atoms with Gasteiger partial charge in [-0.1, -0.05) is 25.9 Å². The summed E-state index contributed by atoms with van der Waals surface area (Å²) in [6.07, 6.45) is 0.161. The number of phenolic OH excluding ortho intramolecular Hbond substituents is 1. The number of hydrogen-bond donors (Lipinski definition) is 6. The van der Waals surface area contributed by atoms with Gasteiger partial charge in [0.2, 0.25) is 5.78 Å². The largest absolute Gasteiger partial charge is 0.508 e. The zero-order valence-corrected chi connectivity index (χ0v) is 25.7. The molecule has 43 heavy (non-hydrogen) atoms. The molecule has 4 rings (SSSR count). The molecule has 3 aliphatic carbocycles. The number of rotatable bonds is 8. The number of benzene rings is 1. The van der Waals surface area contributed by atoms with Gasteiger partial charge in [0.15, 0.2) is 11.4 Å². The van der Waals surface area contributed by atoms with Gasteiger partial charge in [-0.15, -0.1) is 0 Å². The van der Waals surface area contributed by atoms with Crippen molar-refractivity contribution >= 4 is 28.9 Å². The van der Waals surface area contributed by atoms with E-state index >= 15 is 0 Å². The molecule has 0 spiro atoms. The van der Waals surface area contributed by atoms with Crippen molar-refractivity contribution in [2.24, 2.45) is 28.1 Å². The maximum absolute atomic E-state index is 14.1. The zero-order valence-electron chi connectivity index (χ0n) is 25.7. The summed E-state index contributed by atoms with van der Waals surface area (Å²) >= 11 is 0. The second-order valence-electron chi connectivity index (χ2n) is 13.0. The van der Waals surface area contributed by atoms with Crippen LogP contribution in [-0.2, 0) is 32.2 Å². The van der Waals surface area contributed by atoms with Crippen molar-refractivity contribution in [2.45, 2.75) is 65.6 Å². The van der Waals surface area contributed by atoms with Crippen LogP contribution in [-0.4, -0.2) is 87.4 Å². The fourth-order valence-corrected chi connectivity index (χ4v) is 6.61. The number of aromatic hydroxyl groups is 1. The summed E-state index contributed by atoms with van der Waals surface area (Å²) < 4.78 is 0. The first-order valence-electron chi connectivity index (χ1n) is 14.4. The number of amides is 1. The van der Waals surface area contributed by atoms with Crippen LogP contribution in [0.5, 0.6) is 5.75 Å². The van der Waals surface area contributed by atoms with E-state index in [1.807, 2.05) is 0 Å². The lowest BCUT2D eigenvalue weighted by Gasteiger charge is -2.50. The summed E-state index contributed by atoms with van der Waals surface area (Å²) in [5.41, 5.74) is 3.72. The average Bonchev–Trinajstić information content (AvgIpc) is 2.89. The molecule has 3 aliphatic rings. The summed E-state index contributed by atoms with van der Waals surface area (Å²) in [5, 5.41) is 53.5. The Labute approximate surface area is 250 Å². The second kappa shape index (κ2) is 11.4. The molecule has 1 amide bonds. The van der Waals surface area contributed by atoms with E-state index in [0.717, 1.165) is 0 Å². The van der Waals surface area contributed by atoms with Crippen LogP contribution in [0.4, 0.5) is 0 Å². The molecule has 1 aromatic carbocycles. The monoisotopic (exact) mass is 598 g/mol. The Morgan fingerprint density at radius 1 is 1.23 bits per heavy atom. The molecule has 234 valence electrons. The van der Waals surface area contributed by atoms with E-state index in [1.165, 1.54) is 4.90 Å². The van der Waals surface area contributed by atoms with Crippen molar-refractivity contribution in [1.29, 1.82) is 0 Å². The fourth-order valence-electron chi connectivity index (χ4n) is 6.61. The number of ketones is 2. The van der Waals surface area contributed by atoms with E-state index in [4.69, 9.17) is 10.6 Å². The second-order valence-corrected chi connectivity index (χ2v) is 13.0. The van der Waals surface area contributed by atoms with Crippen molar-refractivity contribution in [3.8, 4) is 5.75 Å². The normalized spacial score (nSPS) is 26.0. The zero-order chi connectivity index (χ0) is 32.2. The number of aliphatic hydroxyl groups is 3. The Balaban J connectivity index is 1.95. The van der Waals surface area contributed by atoms with Crippen LogP contribution in [0, 0.1) is 17.3 Å². The minimum atomic E-state index is -2.69. The lowest BCUT2D eigenvalue weighted by Crippen LogP contribution is -2.65. The Bertz CT molecular complexity index is 1470. The van der Waals surface area contributed by atoms with Crippen LogP contribution in [0.3, 0.4) is 0 Å². The van der Waals surface area contributed by atoms with Gasteiger partial charge in [0.1, 0.15) is 29.4 Å². The molecular weight excluding hydrogens is 556 g/mol. The van der Waals surface area contributed by atoms with Crippen LogP contribution < -0.4 is 11.1 Å². The lowest BCUT2D eigenvalue weighted by molar-refractivity contribution is -0.153. The van der Waals surface area contributed by atoms with E-state index in [9.17, 15) is 34.8 Å². The van der Waals surface area contributed by atoms with Gasteiger partial charge in [-0.25, -0.2) is 0 Å². The maximum atomic E-state index is 14.1. The molecule has 2 unspecified atom stereocenters. The van der Waals surface area contributed by atoms with Crippen molar-refractivity contribution < 1.29 is 39.6 Å². The molecule has 0 heterocycles. The molecule has 0 bridgehead atoms. The molecule has 4 atom stereocenters. The number of hydrogen-bond acceptors (Lipinski definition) is 11. The Kier molecular flexibility index (Phi) is 8.53. The highest BCUT2D eigenvalue weighted by Gasteiger charge is 2.64. The Hall–Kier alpha value is -3.74. The molecule has 1 saturated carbocycles. The maximum Gasteiger partial charge on any atom is 0.255 e. The average molecular weight is 599 g/mol. The third kappa shape index (κ3) is 5.32. The highest BCUT2D eigenvalue weighted by Crippen LogP contribution is 2.53. The lowest BCUT2D eigenvalue weighted by atomic mass is 9.57. The molecule has 12 heteroatoms. The molecule has 1 aromatic rings. The number of carbonyl (C=O) groups is 3. The number of oxime groups is 1.